The lowest BCUT2D eigenvalue weighted by atomic mass is 9.65. The largest absolute Gasteiger partial charge is 0.394 e. The third-order valence-electron chi connectivity index (χ3n) is 7.01. The summed E-state index contributed by atoms with van der Waals surface area (Å²) >= 11 is 1.64. The van der Waals surface area contributed by atoms with E-state index in [0.717, 1.165) is 6.42 Å². The number of anilines is 1. The maximum atomic E-state index is 13.8. The quantitative estimate of drug-likeness (QED) is 0.627. The van der Waals surface area contributed by atoms with Crippen molar-refractivity contribution in [2.24, 2.45) is 17.8 Å². The summed E-state index contributed by atoms with van der Waals surface area (Å²) in [5, 5.41) is 15.9. The lowest BCUT2D eigenvalue weighted by Gasteiger charge is -2.40. The molecule has 3 aliphatic rings. The molecule has 7 atom stereocenters. The van der Waals surface area contributed by atoms with Crippen LogP contribution in [0.5, 0.6) is 0 Å². The summed E-state index contributed by atoms with van der Waals surface area (Å²) in [4.78, 5) is 42.3. The molecule has 174 valence electrons. The van der Waals surface area contributed by atoms with E-state index in [1.807, 2.05) is 51.1 Å². The number of nitrogens with one attached hydrogen (secondary N) is 2. The topological polar surface area (TPSA) is 98.7 Å². The van der Waals surface area contributed by atoms with Crippen LogP contribution in [-0.4, -0.2) is 62.0 Å². The van der Waals surface area contributed by atoms with Gasteiger partial charge in [-0.1, -0.05) is 25.1 Å². The molecule has 4 rings (SSSR count). The molecule has 2 bridgehead atoms. The Kier molecular flexibility index (Phi) is 5.82. The van der Waals surface area contributed by atoms with Crippen LogP contribution in [0, 0.1) is 17.8 Å². The second kappa shape index (κ2) is 8.06. The molecule has 3 fully saturated rings. The molecule has 0 radical (unpaired) electrons. The number of aliphatic hydroxyl groups excluding tert-OH is 1. The minimum Gasteiger partial charge on any atom is -0.394 e. The van der Waals surface area contributed by atoms with E-state index < -0.39 is 34.2 Å². The number of hydrogen-bond acceptors (Lipinski definition) is 5. The normalized spacial score (nSPS) is 34.4. The molecule has 3 saturated heterocycles. The monoisotopic (exact) mass is 459 g/mol. The smallest absolute Gasteiger partial charge is 0.244 e. The van der Waals surface area contributed by atoms with Crippen molar-refractivity contribution in [3.63, 3.8) is 0 Å². The predicted molar refractivity (Wildman–Crippen MR) is 125 cm³/mol. The van der Waals surface area contributed by atoms with Crippen molar-refractivity contribution in [3.8, 4) is 0 Å². The number of likely N-dealkylation sites (tertiary alicyclic amines) is 1. The van der Waals surface area contributed by atoms with Crippen LogP contribution in [0.3, 0.4) is 0 Å². The van der Waals surface area contributed by atoms with E-state index in [-0.39, 0.29) is 35.5 Å². The second-order valence-corrected chi connectivity index (χ2v) is 12.0. The summed E-state index contributed by atoms with van der Waals surface area (Å²) in [5.41, 5.74) is 0.234. The number of carbonyl (C=O) groups is 3. The van der Waals surface area contributed by atoms with E-state index in [1.165, 1.54) is 0 Å². The zero-order valence-corrected chi connectivity index (χ0v) is 20.1. The van der Waals surface area contributed by atoms with Crippen LogP contribution in [0.1, 0.15) is 41.0 Å². The minimum atomic E-state index is -0.721. The van der Waals surface area contributed by atoms with Crippen LogP contribution in [0.4, 0.5) is 5.69 Å². The van der Waals surface area contributed by atoms with Gasteiger partial charge in [0.2, 0.25) is 17.7 Å². The van der Waals surface area contributed by atoms with Crippen molar-refractivity contribution in [2.75, 3.05) is 11.9 Å². The Bertz CT molecular complexity index is 918. The maximum Gasteiger partial charge on any atom is 0.244 e. The van der Waals surface area contributed by atoms with E-state index in [2.05, 4.69) is 17.6 Å². The summed E-state index contributed by atoms with van der Waals surface area (Å²) < 4.78 is -0.681. The molecular weight excluding hydrogens is 426 g/mol. The Balaban J connectivity index is 1.73. The van der Waals surface area contributed by atoms with Crippen molar-refractivity contribution >= 4 is 35.2 Å². The van der Waals surface area contributed by atoms with Gasteiger partial charge < -0.3 is 20.6 Å². The molecule has 3 N–H and O–H groups in total. The van der Waals surface area contributed by atoms with Crippen molar-refractivity contribution in [2.45, 2.75) is 68.7 Å². The maximum absolute atomic E-state index is 13.8. The van der Waals surface area contributed by atoms with Gasteiger partial charge in [0.05, 0.1) is 29.2 Å². The molecule has 3 aliphatic heterocycles. The van der Waals surface area contributed by atoms with Crippen molar-refractivity contribution in [1.29, 1.82) is 0 Å². The fourth-order valence-electron chi connectivity index (χ4n) is 5.81. The molecule has 1 spiro atoms. The number of rotatable bonds is 5. The van der Waals surface area contributed by atoms with Crippen LogP contribution in [-0.2, 0) is 14.4 Å². The zero-order chi connectivity index (χ0) is 23.4. The zero-order valence-electron chi connectivity index (χ0n) is 19.3. The van der Waals surface area contributed by atoms with Gasteiger partial charge in [0, 0.05) is 16.5 Å². The first-order valence-corrected chi connectivity index (χ1v) is 12.2. The molecule has 0 saturated carbocycles. The van der Waals surface area contributed by atoms with Crippen LogP contribution >= 0.6 is 11.8 Å². The van der Waals surface area contributed by atoms with Crippen molar-refractivity contribution in [3.05, 3.63) is 30.3 Å². The Morgan fingerprint density at radius 2 is 1.91 bits per heavy atom. The van der Waals surface area contributed by atoms with Gasteiger partial charge in [-0.05, 0) is 52.2 Å². The Morgan fingerprint density at radius 1 is 1.25 bits per heavy atom. The molecule has 0 aliphatic carbocycles. The summed E-state index contributed by atoms with van der Waals surface area (Å²) in [6.07, 6.45) is 0.780. The van der Waals surface area contributed by atoms with Crippen molar-refractivity contribution < 1.29 is 19.5 Å². The van der Waals surface area contributed by atoms with Gasteiger partial charge in [-0.15, -0.1) is 11.8 Å². The number of aliphatic hydroxyl groups is 1. The third kappa shape index (κ3) is 3.52. The van der Waals surface area contributed by atoms with Gasteiger partial charge in [0.15, 0.2) is 0 Å². The van der Waals surface area contributed by atoms with Crippen LogP contribution in [0.15, 0.2) is 30.3 Å². The Morgan fingerprint density at radius 3 is 2.50 bits per heavy atom. The lowest BCUT2D eigenvalue weighted by molar-refractivity contribution is -0.142. The average molecular weight is 460 g/mol. The van der Waals surface area contributed by atoms with E-state index in [9.17, 15) is 19.5 Å². The van der Waals surface area contributed by atoms with Gasteiger partial charge in [0.1, 0.15) is 6.04 Å². The molecule has 3 heterocycles. The van der Waals surface area contributed by atoms with E-state index in [0.29, 0.717) is 5.69 Å². The number of nitrogens with zero attached hydrogens (tertiary/aromatic N) is 1. The number of para-hydroxylation sites is 1. The molecule has 32 heavy (non-hydrogen) atoms. The number of carbonyl (C=O) groups excluding carboxylic acids is 3. The lowest BCUT2D eigenvalue weighted by Crippen LogP contribution is -2.60. The Labute approximate surface area is 193 Å². The predicted octanol–water partition coefficient (Wildman–Crippen LogP) is 2.26. The number of thioether (sulfide) groups is 1. The SMILES string of the molecule is CC1C[C@H]2SC13C(C(=O)NC(C)(C)C)N([C@H](C)CO)C(=O)[C@@H]3[C@H]2C(=O)Nc1ccccc1. The molecule has 3 amide bonds. The summed E-state index contributed by atoms with van der Waals surface area (Å²) in [5.74, 6) is -1.58. The first kappa shape index (κ1) is 23.1. The van der Waals surface area contributed by atoms with Gasteiger partial charge >= 0.3 is 0 Å². The standard InChI is InChI=1S/C24H33N3O4S/c1-13-11-16-17(20(29)25-15-9-7-6-8-10-15)18-22(31)27(14(2)12-28)19(24(13,18)32-16)21(30)26-23(3,4)5/h6-10,13-14,16-19,28H,11-12H2,1-5H3,(H,25,29)(H,26,30)/t13?,14-,16-,17+,18+,19?,24?/m1/s1. The summed E-state index contributed by atoms with van der Waals surface area (Å²) in [7, 11) is 0. The number of hydrogen-bond donors (Lipinski definition) is 3. The van der Waals surface area contributed by atoms with Crippen LogP contribution in [0.2, 0.25) is 0 Å². The first-order chi connectivity index (χ1) is 15.0. The molecule has 8 heteroatoms. The summed E-state index contributed by atoms with van der Waals surface area (Å²) in [6.45, 7) is 9.34. The van der Waals surface area contributed by atoms with Crippen LogP contribution < -0.4 is 10.6 Å². The van der Waals surface area contributed by atoms with Crippen LogP contribution in [0.25, 0.3) is 0 Å². The van der Waals surface area contributed by atoms with E-state index in [4.69, 9.17) is 0 Å². The van der Waals surface area contributed by atoms with Gasteiger partial charge in [-0.25, -0.2) is 0 Å². The highest BCUT2D eigenvalue weighted by molar-refractivity contribution is 8.02. The highest BCUT2D eigenvalue weighted by Gasteiger charge is 2.76. The van der Waals surface area contributed by atoms with Crippen molar-refractivity contribution in [1.82, 2.24) is 10.2 Å². The highest BCUT2D eigenvalue weighted by Crippen LogP contribution is 2.68. The fraction of sp³-hybridized carbons (Fsp3) is 0.625. The minimum absolute atomic E-state index is 0.0146. The fourth-order valence-corrected chi connectivity index (χ4v) is 8.21. The molecule has 1 aromatic rings. The number of fused-ring (bicyclic) bond motifs is 1. The summed E-state index contributed by atoms with van der Waals surface area (Å²) in [6, 6.07) is 8.01. The first-order valence-electron chi connectivity index (χ1n) is 11.3. The van der Waals surface area contributed by atoms with E-state index >= 15 is 0 Å². The molecule has 0 aromatic heterocycles. The molecule has 3 unspecified atom stereocenters. The second-order valence-electron chi connectivity index (χ2n) is 10.4. The third-order valence-corrected chi connectivity index (χ3v) is 9.09. The molecular formula is C24H33N3O4S. The van der Waals surface area contributed by atoms with Gasteiger partial charge in [-0.3, -0.25) is 14.4 Å². The molecule has 1 aromatic carbocycles. The highest BCUT2D eigenvalue weighted by atomic mass is 32.2. The Hall–Kier alpha value is -2.06. The van der Waals surface area contributed by atoms with E-state index in [1.54, 1.807) is 23.6 Å². The van der Waals surface area contributed by atoms with Gasteiger partial charge in [0.25, 0.3) is 0 Å². The number of amides is 3. The molecule has 7 nitrogen and oxygen atoms in total. The number of benzene rings is 1. The average Bonchev–Trinajstić information content (AvgIpc) is 3.30. The van der Waals surface area contributed by atoms with Gasteiger partial charge in [-0.2, -0.15) is 0 Å².